The molecule has 1 saturated heterocycles. The maximum atomic E-state index is 5.50. The van der Waals surface area contributed by atoms with Crippen LogP contribution in [0.4, 0.5) is 0 Å². The molecular formula is C7H13N5O. The minimum atomic E-state index is 0.175. The van der Waals surface area contributed by atoms with Crippen LogP contribution in [0, 0.1) is 0 Å². The lowest BCUT2D eigenvalue weighted by molar-refractivity contribution is 0.104. The van der Waals surface area contributed by atoms with Gasteiger partial charge in [0.25, 0.3) is 0 Å². The van der Waals surface area contributed by atoms with Gasteiger partial charge in [0.1, 0.15) is 0 Å². The molecule has 2 rings (SSSR count). The van der Waals surface area contributed by atoms with E-state index in [1.807, 2.05) is 6.92 Å². The molecule has 0 aliphatic carbocycles. The van der Waals surface area contributed by atoms with Gasteiger partial charge in [0.05, 0.1) is 18.7 Å². The SMILES string of the molecule is CC1OCCC1n1nnnc1CN. The Morgan fingerprint density at radius 1 is 1.69 bits per heavy atom. The Hall–Kier alpha value is -1.01. The van der Waals surface area contributed by atoms with Gasteiger partial charge in [-0.3, -0.25) is 0 Å². The number of hydrogen-bond donors (Lipinski definition) is 1. The minimum absolute atomic E-state index is 0.175. The van der Waals surface area contributed by atoms with Gasteiger partial charge in [-0.1, -0.05) is 0 Å². The summed E-state index contributed by atoms with van der Waals surface area (Å²) in [5.41, 5.74) is 5.50. The molecule has 6 heteroatoms. The quantitative estimate of drug-likeness (QED) is 0.667. The van der Waals surface area contributed by atoms with Crippen molar-refractivity contribution in [1.29, 1.82) is 0 Å². The van der Waals surface area contributed by atoms with Crippen molar-refractivity contribution in [3.05, 3.63) is 5.82 Å². The van der Waals surface area contributed by atoms with E-state index < -0.39 is 0 Å². The first kappa shape index (κ1) is 8.58. The highest BCUT2D eigenvalue weighted by Crippen LogP contribution is 2.25. The lowest BCUT2D eigenvalue weighted by atomic mass is 10.1. The van der Waals surface area contributed by atoms with Gasteiger partial charge < -0.3 is 10.5 Å². The van der Waals surface area contributed by atoms with Gasteiger partial charge in [0.15, 0.2) is 5.82 Å². The molecule has 1 fully saturated rings. The molecule has 2 unspecified atom stereocenters. The Balaban J connectivity index is 2.23. The second-order valence-electron chi connectivity index (χ2n) is 3.18. The van der Waals surface area contributed by atoms with E-state index in [4.69, 9.17) is 10.5 Å². The first-order valence-corrected chi connectivity index (χ1v) is 4.41. The van der Waals surface area contributed by atoms with Crippen LogP contribution in [0.25, 0.3) is 0 Å². The molecule has 0 bridgehead atoms. The van der Waals surface area contributed by atoms with Gasteiger partial charge in [0, 0.05) is 6.61 Å². The number of aromatic nitrogens is 4. The van der Waals surface area contributed by atoms with Crippen molar-refractivity contribution in [2.24, 2.45) is 5.73 Å². The van der Waals surface area contributed by atoms with E-state index in [9.17, 15) is 0 Å². The standard InChI is InChI=1S/C7H13N5O/c1-5-6(2-3-13-5)12-7(4-8)9-10-11-12/h5-6H,2-4,8H2,1H3. The van der Waals surface area contributed by atoms with Crippen molar-refractivity contribution in [3.63, 3.8) is 0 Å². The first-order chi connectivity index (χ1) is 6.33. The van der Waals surface area contributed by atoms with E-state index >= 15 is 0 Å². The molecule has 6 nitrogen and oxygen atoms in total. The summed E-state index contributed by atoms with van der Waals surface area (Å²) in [6, 6.07) is 0.244. The third kappa shape index (κ3) is 1.42. The maximum absolute atomic E-state index is 5.50. The van der Waals surface area contributed by atoms with Gasteiger partial charge in [-0.2, -0.15) is 0 Å². The fraction of sp³-hybridized carbons (Fsp3) is 0.857. The third-order valence-electron chi connectivity index (χ3n) is 2.39. The number of nitrogens with zero attached hydrogens (tertiary/aromatic N) is 4. The fourth-order valence-corrected chi connectivity index (χ4v) is 1.65. The van der Waals surface area contributed by atoms with Crippen LogP contribution in [-0.4, -0.2) is 32.9 Å². The van der Waals surface area contributed by atoms with Crippen LogP contribution in [0.2, 0.25) is 0 Å². The maximum Gasteiger partial charge on any atom is 0.165 e. The Morgan fingerprint density at radius 3 is 3.15 bits per heavy atom. The predicted octanol–water partition coefficient (Wildman–Crippen LogP) is -0.518. The molecule has 13 heavy (non-hydrogen) atoms. The topological polar surface area (TPSA) is 78.8 Å². The lowest BCUT2D eigenvalue weighted by Crippen LogP contribution is -2.21. The van der Waals surface area contributed by atoms with Crippen LogP contribution < -0.4 is 5.73 Å². The van der Waals surface area contributed by atoms with Crippen LogP contribution in [0.5, 0.6) is 0 Å². The number of tetrazole rings is 1. The average Bonchev–Trinajstić information content (AvgIpc) is 2.71. The van der Waals surface area contributed by atoms with E-state index in [0.29, 0.717) is 6.54 Å². The average molecular weight is 183 g/mol. The molecule has 1 aliphatic heterocycles. The predicted molar refractivity (Wildman–Crippen MR) is 44.8 cm³/mol. The minimum Gasteiger partial charge on any atom is -0.376 e. The second kappa shape index (κ2) is 3.39. The summed E-state index contributed by atoms with van der Waals surface area (Å²) in [6.07, 6.45) is 1.13. The lowest BCUT2D eigenvalue weighted by Gasteiger charge is -2.14. The molecule has 2 heterocycles. The monoisotopic (exact) mass is 183 g/mol. The van der Waals surface area contributed by atoms with E-state index in [1.165, 1.54) is 0 Å². The largest absolute Gasteiger partial charge is 0.376 e. The van der Waals surface area contributed by atoms with Crippen LogP contribution in [0.15, 0.2) is 0 Å². The van der Waals surface area contributed by atoms with Crippen LogP contribution in [-0.2, 0) is 11.3 Å². The van der Waals surface area contributed by atoms with Crippen LogP contribution in [0.3, 0.4) is 0 Å². The van der Waals surface area contributed by atoms with Gasteiger partial charge >= 0.3 is 0 Å². The van der Waals surface area contributed by atoms with Gasteiger partial charge in [-0.25, -0.2) is 4.68 Å². The zero-order chi connectivity index (χ0) is 9.26. The van der Waals surface area contributed by atoms with Crippen molar-refractivity contribution in [3.8, 4) is 0 Å². The van der Waals surface area contributed by atoms with Crippen molar-refractivity contribution >= 4 is 0 Å². The zero-order valence-corrected chi connectivity index (χ0v) is 7.55. The molecule has 0 amide bonds. The van der Waals surface area contributed by atoms with E-state index in [1.54, 1.807) is 4.68 Å². The highest BCUT2D eigenvalue weighted by Gasteiger charge is 2.28. The zero-order valence-electron chi connectivity index (χ0n) is 7.55. The van der Waals surface area contributed by atoms with Crippen LogP contribution >= 0.6 is 0 Å². The van der Waals surface area contributed by atoms with E-state index in [-0.39, 0.29) is 12.1 Å². The van der Waals surface area contributed by atoms with Gasteiger partial charge in [0.2, 0.25) is 0 Å². The molecule has 2 atom stereocenters. The van der Waals surface area contributed by atoms with Crippen molar-refractivity contribution < 1.29 is 4.74 Å². The summed E-state index contributed by atoms with van der Waals surface area (Å²) >= 11 is 0. The highest BCUT2D eigenvalue weighted by atomic mass is 16.5. The summed E-state index contributed by atoms with van der Waals surface area (Å²) < 4.78 is 7.21. The third-order valence-corrected chi connectivity index (χ3v) is 2.39. The summed E-state index contributed by atoms with van der Waals surface area (Å²) in [7, 11) is 0. The summed E-state index contributed by atoms with van der Waals surface area (Å²) in [4.78, 5) is 0. The molecule has 2 N–H and O–H groups in total. The Bertz CT molecular complexity index is 286. The highest BCUT2D eigenvalue weighted by molar-refractivity contribution is 4.87. The van der Waals surface area contributed by atoms with Crippen molar-refractivity contribution in [1.82, 2.24) is 20.2 Å². The normalized spacial score (nSPS) is 28.2. The fourth-order valence-electron chi connectivity index (χ4n) is 1.65. The van der Waals surface area contributed by atoms with Crippen LogP contribution in [0.1, 0.15) is 25.2 Å². The number of ether oxygens (including phenoxy) is 1. The number of hydrogen-bond acceptors (Lipinski definition) is 5. The van der Waals surface area contributed by atoms with Crippen molar-refractivity contribution in [2.45, 2.75) is 32.0 Å². The van der Waals surface area contributed by atoms with E-state index in [0.717, 1.165) is 18.9 Å². The molecule has 1 aromatic heterocycles. The summed E-state index contributed by atoms with van der Waals surface area (Å²) in [6.45, 7) is 3.17. The molecular weight excluding hydrogens is 170 g/mol. The molecule has 0 radical (unpaired) electrons. The molecule has 0 aromatic carbocycles. The number of rotatable bonds is 2. The molecule has 0 saturated carbocycles. The Kier molecular flexibility index (Phi) is 2.24. The number of nitrogens with two attached hydrogens (primary N) is 1. The summed E-state index contributed by atoms with van der Waals surface area (Å²) in [5.74, 6) is 0.724. The van der Waals surface area contributed by atoms with Gasteiger partial charge in [-0.15, -0.1) is 5.10 Å². The second-order valence-corrected chi connectivity index (χ2v) is 3.18. The Morgan fingerprint density at radius 2 is 2.54 bits per heavy atom. The molecule has 0 spiro atoms. The molecule has 72 valence electrons. The smallest absolute Gasteiger partial charge is 0.165 e. The van der Waals surface area contributed by atoms with Gasteiger partial charge in [-0.05, 0) is 23.8 Å². The van der Waals surface area contributed by atoms with Crippen molar-refractivity contribution in [2.75, 3.05) is 6.61 Å². The molecule has 1 aliphatic rings. The van der Waals surface area contributed by atoms with E-state index in [2.05, 4.69) is 15.5 Å². The molecule has 1 aromatic rings. The summed E-state index contributed by atoms with van der Waals surface area (Å²) in [5, 5.41) is 11.3. The Labute approximate surface area is 76.1 Å². The first-order valence-electron chi connectivity index (χ1n) is 4.41.